The lowest BCUT2D eigenvalue weighted by molar-refractivity contribution is -0.117. The molecule has 2 aromatic rings. The SMILES string of the molecule is CCC(F)(F)CNC(=O)c1cc(NC(=O)C2C(c3cc(Cl)cc(Cl)c3)C2(Cl)Cl)cc(F)c1Cl. The van der Waals surface area contributed by atoms with Crippen LogP contribution >= 0.6 is 58.0 Å². The average molecular weight is 563 g/mol. The zero-order valence-electron chi connectivity index (χ0n) is 16.8. The minimum absolute atomic E-state index is 0.131. The number of hydrogen-bond donors (Lipinski definition) is 2. The summed E-state index contributed by atoms with van der Waals surface area (Å²) >= 11 is 30.4. The predicted molar refractivity (Wildman–Crippen MR) is 125 cm³/mol. The fourth-order valence-electron chi connectivity index (χ4n) is 3.30. The molecule has 0 bridgehead atoms. The van der Waals surface area contributed by atoms with Crippen molar-refractivity contribution in [3.8, 4) is 0 Å². The quantitative estimate of drug-likeness (QED) is 0.354. The van der Waals surface area contributed by atoms with Gasteiger partial charge in [-0.3, -0.25) is 9.59 Å². The fraction of sp³-hybridized carbons (Fsp3) is 0.333. The molecule has 1 aliphatic carbocycles. The van der Waals surface area contributed by atoms with Crippen molar-refractivity contribution >= 4 is 75.5 Å². The average Bonchev–Trinajstić information content (AvgIpc) is 3.30. The maximum atomic E-state index is 14.3. The van der Waals surface area contributed by atoms with Crippen LogP contribution in [0.2, 0.25) is 15.1 Å². The van der Waals surface area contributed by atoms with E-state index in [0.717, 1.165) is 12.1 Å². The Hall–Kier alpha value is -1.38. The minimum Gasteiger partial charge on any atom is -0.346 e. The smallest absolute Gasteiger partial charge is 0.264 e. The van der Waals surface area contributed by atoms with E-state index in [1.54, 1.807) is 12.1 Å². The Balaban J connectivity index is 1.79. The highest BCUT2D eigenvalue weighted by Crippen LogP contribution is 2.65. The van der Waals surface area contributed by atoms with E-state index in [1.807, 2.05) is 5.32 Å². The van der Waals surface area contributed by atoms with Crippen molar-refractivity contribution in [3.05, 3.63) is 62.3 Å². The zero-order valence-corrected chi connectivity index (χ0v) is 20.6. The first-order valence-corrected chi connectivity index (χ1v) is 11.5. The molecule has 0 aliphatic heterocycles. The van der Waals surface area contributed by atoms with Crippen LogP contribution in [0.1, 0.15) is 35.2 Å². The molecule has 0 aromatic heterocycles. The summed E-state index contributed by atoms with van der Waals surface area (Å²) in [5.41, 5.74) is -0.0130. The Morgan fingerprint density at radius 2 is 1.67 bits per heavy atom. The number of rotatable bonds is 7. The molecule has 4 nitrogen and oxygen atoms in total. The van der Waals surface area contributed by atoms with Gasteiger partial charge in [-0.2, -0.15) is 0 Å². The van der Waals surface area contributed by atoms with Gasteiger partial charge in [-0.1, -0.05) is 41.7 Å². The van der Waals surface area contributed by atoms with Gasteiger partial charge in [0, 0.05) is 28.1 Å². The fourth-order valence-corrected chi connectivity index (χ4v) is 4.86. The van der Waals surface area contributed by atoms with Crippen LogP contribution in [0, 0.1) is 11.7 Å². The van der Waals surface area contributed by atoms with Crippen LogP contribution in [0.4, 0.5) is 18.9 Å². The molecule has 12 heteroatoms. The topological polar surface area (TPSA) is 58.2 Å². The second-order valence-electron chi connectivity index (χ2n) is 7.53. The van der Waals surface area contributed by atoms with Gasteiger partial charge in [0.05, 0.1) is 23.0 Å². The summed E-state index contributed by atoms with van der Waals surface area (Å²) in [4.78, 5) is 25.1. The lowest BCUT2D eigenvalue weighted by Crippen LogP contribution is -2.36. The van der Waals surface area contributed by atoms with Gasteiger partial charge in [-0.05, 0) is 35.9 Å². The Morgan fingerprint density at radius 3 is 2.24 bits per heavy atom. The highest BCUT2D eigenvalue weighted by Gasteiger charge is 2.67. The summed E-state index contributed by atoms with van der Waals surface area (Å²) in [6, 6.07) is 6.60. The molecule has 1 fully saturated rings. The van der Waals surface area contributed by atoms with Gasteiger partial charge in [0.25, 0.3) is 11.8 Å². The van der Waals surface area contributed by atoms with Crippen LogP contribution in [0.5, 0.6) is 0 Å². The standard InChI is InChI=1S/C21H16Cl5F3N2O2/c1-2-20(28,29)8-30-18(32)13-6-12(7-14(27)17(13)24)31-19(33)16-15(21(16,25)26)9-3-10(22)5-11(23)4-9/h3-7,15-16H,2,8H2,1H3,(H,30,32)(H,31,33). The van der Waals surface area contributed by atoms with E-state index in [2.05, 4.69) is 5.32 Å². The minimum atomic E-state index is -3.14. The molecule has 2 unspecified atom stereocenters. The van der Waals surface area contributed by atoms with E-state index in [-0.39, 0.29) is 5.69 Å². The number of nitrogens with one attached hydrogen (secondary N) is 2. The number of anilines is 1. The Labute approximate surface area is 212 Å². The van der Waals surface area contributed by atoms with Crippen LogP contribution in [0.15, 0.2) is 30.3 Å². The summed E-state index contributed by atoms with van der Waals surface area (Å²) in [6.45, 7) is 0.301. The molecule has 0 heterocycles. The monoisotopic (exact) mass is 560 g/mol. The predicted octanol–water partition coefficient (Wildman–Crippen LogP) is 7.09. The van der Waals surface area contributed by atoms with E-state index in [9.17, 15) is 22.8 Å². The van der Waals surface area contributed by atoms with Crippen molar-refractivity contribution in [2.45, 2.75) is 29.5 Å². The van der Waals surface area contributed by atoms with E-state index in [0.29, 0.717) is 15.6 Å². The van der Waals surface area contributed by atoms with Crippen LogP contribution in [-0.2, 0) is 4.79 Å². The number of carbonyl (C=O) groups excluding carboxylic acids is 2. The van der Waals surface area contributed by atoms with E-state index >= 15 is 0 Å². The molecule has 178 valence electrons. The molecule has 3 rings (SSSR count). The van der Waals surface area contributed by atoms with Gasteiger partial charge in [0.15, 0.2) is 0 Å². The van der Waals surface area contributed by atoms with E-state index < -0.39 is 63.3 Å². The number of carbonyl (C=O) groups is 2. The van der Waals surface area contributed by atoms with E-state index in [4.69, 9.17) is 58.0 Å². The molecule has 33 heavy (non-hydrogen) atoms. The van der Waals surface area contributed by atoms with Crippen molar-refractivity contribution in [3.63, 3.8) is 0 Å². The maximum Gasteiger partial charge on any atom is 0.264 e. The highest BCUT2D eigenvalue weighted by molar-refractivity contribution is 6.53. The van der Waals surface area contributed by atoms with Crippen LogP contribution in [-0.4, -0.2) is 28.6 Å². The first-order chi connectivity index (χ1) is 15.3. The third-order valence-corrected chi connectivity index (χ3v) is 6.91. The Bertz CT molecular complexity index is 1090. The number of hydrogen-bond acceptors (Lipinski definition) is 2. The first kappa shape index (κ1) is 26.2. The summed E-state index contributed by atoms with van der Waals surface area (Å²) < 4.78 is 39.7. The van der Waals surface area contributed by atoms with Crippen LogP contribution < -0.4 is 10.6 Å². The van der Waals surface area contributed by atoms with Gasteiger partial charge in [-0.15, -0.1) is 23.2 Å². The summed E-state index contributed by atoms with van der Waals surface area (Å²) in [5.74, 6) is -7.43. The highest BCUT2D eigenvalue weighted by atomic mass is 35.5. The molecule has 2 amide bonds. The van der Waals surface area contributed by atoms with Crippen molar-refractivity contribution in [1.82, 2.24) is 5.32 Å². The van der Waals surface area contributed by atoms with Crippen molar-refractivity contribution < 1.29 is 22.8 Å². The number of alkyl halides is 4. The van der Waals surface area contributed by atoms with Crippen molar-refractivity contribution in [1.29, 1.82) is 0 Å². The summed E-state index contributed by atoms with van der Waals surface area (Å²) in [5, 5.41) is 4.52. The van der Waals surface area contributed by atoms with Gasteiger partial charge in [-0.25, -0.2) is 13.2 Å². The summed E-state index contributed by atoms with van der Waals surface area (Å²) in [7, 11) is 0. The molecule has 2 N–H and O–H groups in total. The lowest BCUT2D eigenvalue weighted by atomic mass is 10.1. The third kappa shape index (κ3) is 5.82. The Morgan fingerprint density at radius 1 is 1.06 bits per heavy atom. The lowest BCUT2D eigenvalue weighted by Gasteiger charge is -2.16. The Kier molecular flexibility index (Phi) is 7.71. The second-order valence-corrected chi connectivity index (χ2v) is 10.2. The molecule has 0 saturated heterocycles. The molecule has 2 aromatic carbocycles. The first-order valence-electron chi connectivity index (χ1n) is 9.56. The number of amides is 2. The molecular formula is C21H16Cl5F3N2O2. The largest absolute Gasteiger partial charge is 0.346 e. The maximum absolute atomic E-state index is 14.3. The van der Waals surface area contributed by atoms with Gasteiger partial charge in [0.2, 0.25) is 5.91 Å². The summed E-state index contributed by atoms with van der Waals surface area (Å²) in [6.07, 6.45) is -0.496. The van der Waals surface area contributed by atoms with Gasteiger partial charge in [0.1, 0.15) is 10.2 Å². The van der Waals surface area contributed by atoms with E-state index in [1.165, 1.54) is 13.0 Å². The van der Waals surface area contributed by atoms with Crippen LogP contribution in [0.3, 0.4) is 0 Å². The van der Waals surface area contributed by atoms with Crippen molar-refractivity contribution in [2.24, 2.45) is 5.92 Å². The van der Waals surface area contributed by atoms with Gasteiger partial charge >= 0.3 is 0 Å². The molecule has 0 spiro atoms. The zero-order chi connectivity index (χ0) is 24.7. The molecular weight excluding hydrogens is 547 g/mol. The van der Waals surface area contributed by atoms with Crippen LogP contribution in [0.25, 0.3) is 0 Å². The van der Waals surface area contributed by atoms with Gasteiger partial charge < -0.3 is 10.6 Å². The molecule has 1 saturated carbocycles. The number of benzene rings is 2. The number of halogens is 8. The normalized spacial score (nSPS) is 19.2. The second kappa shape index (κ2) is 9.70. The molecule has 2 atom stereocenters. The molecule has 1 aliphatic rings. The third-order valence-electron chi connectivity index (χ3n) is 5.15. The molecule has 0 radical (unpaired) electrons. The van der Waals surface area contributed by atoms with Crippen molar-refractivity contribution in [2.75, 3.05) is 11.9 Å².